The highest BCUT2D eigenvalue weighted by atomic mass is 79.9. The molecule has 19 heavy (non-hydrogen) atoms. The number of thiophene rings is 1. The molecule has 4 nitrogen and oxygen atoms in total. The summed E-state index contributed by atoms with van der Waals surface area (Å²) in [5.41, 5.74) is 6.52. The van der Waals surface area contributed by atoms with Gasteiger partial charge in [0.25, 0.3) is 0 Å². The van der Waals surface area contributed by atoms with Crippen molar-refractivity contribution in [3.63, 3.8) is 0 Å². The van der Waals surface area contributed by atoms with Gasteiger partial charge in [0.1, 0.15) is 4.90 Å². The van der Waals surface area contributed by atoms with E-state index < -0.39 is 20.7 Å². The molecule has 0 atom stereocenters. The Balaban J connectivity index is 2.29. The predicted molar refractivity (Wildman–Crippen MR) is 76.9 cm³/mol. The lowest BCUT2D eigenvalue weighted by molar-refractivity contribution is 0.554. The molecule has 1 heterocycles. The van der Waals surface area contributed by atoms with Gasteiger partial charge in [0.2, 0.25) is 10.0 Å². The summed E-state index contributed by atoms with van der Waals surface area (Å²) in [4.78, 5) is -0.463. The van der Waals surface area contributed by atoms with Gasteiger partial charge in [-0.2, -0.15) is 11.3 Å². The average Bonchev–Trinajstić information content (AvgIpc) is 2.84. The van der Waals surface area contributed by atoms with Crippen LogP contribution in [0.5, 0.6) is 0 Å². The number of benzene rings is 1. The molecule has 0 saturated carbocycles. The van der Waals surface area contributed by atoms with Crippen LogP contribution in [0, 0.1) is 5.82 Å². The minimum Gasteiger partial charge on any atom is -0.399 e. The molecule has 0 saturated heterocycles. The number of sulfonamides is 1. The zero-order valence-electron chi connectivity index (χ0n) is 9.56. The smallest absolute Gasteiger partial charge is 0.243 e. The van der Waals surface area contributed by atoms with Crippen LogP contribution in [0.15, 0.2) is 38.3 Å². The molecule has 0 amide bonds. The molecule has 8 heteroatoms. The number of hydrogen-bond acceptors (Lipinski definition) is 4. The number of nitrogen functional groups attached to an aromatic ring is 1. The number of hydrogen-bond donors (Lipinski definition) is 2. The number of halogens is 2. The minimum absolute atomic E-state index is 0.0170. The molecule has 1 aromatic heterocycles. The molecule has 3 N–H and O–H groups in total. The van der Waals surface area contributed by atoms with Crippen LogP contribution in [0.3, 0.4) is 0 Å². The van der Waals surface area contributed by atoms with E-state index in [0.29, 0.717) is 0 Å². The molecular formula is C11H10BrFN2O2S2. The zero-order chi connectivity index (χ0) is 14.0. The first kappa shape index (κ1) is 14.4. The molecule has 1 aromatic carbocycles. The van der Waals surface area contributed by atoms with Gasteiger partial charge in [0.15, 0.2) is 5.82 Å². The second-order valence-electron chi connectivity index (χ2n) is 3.77. The maximum atomic E-state index is 13.8. The lowest BCUT2D eigenvalue weighted by atomic mass is 10.3. The quantitative estimate of drug-likeness (QED) is 0.819. The second kappa shape index (κ2) is 5.58. The van der Waals surface area contributed by atoms with E-state index in [-0.39, 0.29) is 16.7 Å². The number of rotatable bonds is 4. The van der Waals surface area contributed by atoms with Gasteiger partial charge in [-0.15, -0.1) is 0 Å². The van der Waals surface area contributed by atoms with Gasteiger partial charge in [0.05, 0.1) is 4.47 Å². The van der Waals surface area contributed by atoms with Gasteiger partial charge >= 0.3 is 0 Å². The van der Waals surface area contributed by atoms with Crippen molar-refractivity contribution in [3.05, 3.63) is 44.8 Å². The van der Waals surface area contributed by atoms with E-state index in [0.717, 1.165) is 11.6 Å². The Labute approximate surface area is 122 Å². The monoisotopic (exact) mass is 364 g/mol. The van der Waals surface area contributed by atoms with Crippen LogP contribution in [-0.4, -0.2) is 8.42 Å². The summed E-state index contributed by atoms with van der Waals surface area (Å²) in [6, 6.07) is 4.20. The van der Waals surface area contributed by atoms with Gasteiger partial charge < -0.3 is 5.73 Å². The normalized spacial score (nSPS) is 11.7. The first-order chi connectivity index (χ1) is 8.90. The Bertz CT molecular complexity index is 687. The second-order valence-corrected chi connectivity index (χ2v) is 7.14. The summed E-state index contributed by atoms with van der Waals surface area (Å²) in [6.07, 6.45) is 0. The summed E-state index contributed by atoms with van der Waals surface area (Å²) in [7, 11) is -3.94. The lowest BCUT2D eigenvalue weighted by Gasteiger charge is -2.09. The highest BCUT2D eigenvalue weighted by molar-refractivity contribution is 9.10. The van der Waals surface area contributed by atoms with Crippen LogP contribution in [-0.2, 0) is 16.6 Å². The maximum Gasteiger partial charge on any atom is 0.243 e. The summed E-state index contributed by atoms with van der Waals surface area (Å²) in [5, 5.41) is 3.65. The fraction of sp³-hybridized carbons (Fsp3) is 0.0909. The Hall–Kier alpha value is -0.960. The summed E-state index contributed by atoms with van der Waals surface area (Å²) < 4.78 is 40.2. The molecule has 0 aliphatic carbocycles. The Morgan fingerprint density at radius 3 is 2.79 bits per heavy atom. The summed E-state index contributed by atoms with van der Waals surface area (Å²) in [6.45, 7) is 0.109. The van der Waals surface area contributed by atoms with E-state index in [9.17, 15) is 12.8 Å². The molecular weight excluding hydrogens is 355 g/mol. The fourth-order valence-electron chi connectivity index (χ4n) is 1.43. The van der Waals surface area contributed by atoms with E-state index in [1.165, 1.54) is 17.4 Å². The molecule has 2 rings (SSSR count). The Morgan fingerprint density at radius 1 is 1.42 bits per heavy atom. The highest BCUT2D eigenvalue weighted by Crippen LogP contribution is 2.26. The largest absolute Gasteiger partial charge is 0.399 e. The van der Waals surface area contributed by atoms with Crippen molar-refractivity contribution in [2.45, 2.75) is 11.4 Å². The topological polar surface area (TPSA) is 72.2 Å². The minimum atomic E-state index is -3.94. The van der Waals surface area contributed by atoms with Gasteiger partial charge in [-0.25, -0.2) is 17.5 Å². The lowest BCUT2D eigenvalue weighted by Crippen LogP contribution is -2.24. The first-order valence-corrected chi connectivity index (χ1v) is 8.37. The molecule has 0 bridgehead atoms. The molecule has 0 spiro atoms. The summed E-state index contributed by atoms with van der Waals surface area (Å²) in [5.74, 6) is -0.855. The van der Waals surface area contributed by atoms with E-state index >= 15 is 0 Å². The van der Waals surface area contributed by atoms with Crippen molar-refractivity contribution in [3.8, 4) is 0 Å². The zero-order valence-corrected chi connectivity index (χ0v) is 12.8. The van der Waals surface area contributed by atoms with Crippen LogP contribution >= 0.6 is 27.3 Å². The third-order valence-corrected chi connectivity index (χ3v) is 5.06. The van der Waals surface area contributed by atoms with E-state index in [1.54, 1.807) is 6.07 Å². The molecule has 0 fully saturated rings. The Kier molecular flexibility index (Phi) is 4.24. The molecule has 0 radical (unpaired) electrons. The molecule has 2 aromatic rings. The van der Waals surface area contributed by atoms with Crippen LogP contribution in [0.1, 0.15) is 5.56 Å². The molecule has 0 aliphatic rings. The van der Waals surface area contributed by atoms with E-state index in [4.69, 9.17) is 5.73 Å². The van der Waals surface area contributed by atoms with E-state index in [1.807, 2.05) is 10.8 Å². The van der Waals surface area contributed by atoms with Crippen LogP contribution in [0.25, 0.3) is 0 Å². The first-order valence-electron chi connectivity index (χ1n) is 5.15. The van der Waals surface area contributed by atoms with Gasteiger partial charge in [0, 0.05) is 12.2 Å². The van der Waals surface area contributed by atoms with Crippen molar-refractivity contribution < 1.29 is 12.8 Å². The van der Waals surface area contributed by atoms with Crippen LogP contribution in [0.4, 0.5) is 10.1 Å². The van der Waals surface area contributed by atoms with E-state index in [2.05, 4.69) is 20.7 Å². The average molecular weight is 365 g/mol. The van der Waals surface area contributed by atoms with Gasteiger partial charge in [-0.3, -0.25) is 0 Å². The van der Waals surface area contributed by atoms with Crippen LogP contribution < -0.4 is 10.5 Å². The summed E-state index contributed by atoms with van der Waals surface area (Å²) >= 11 is 4.39. The molecule has 0 unspecified atom stereocenters. The van der Waals surface area contributed by atoms with Crippen molar-refractivity contribution in [2.24, 2.45) is 0 Å². The van der Waals surface area contributed by atoms with Crippen molar-refractivity contribution in [2.75, 3.05) is 5.73 Å². The fourth-order valence-corrected chi connectivity index (χ4v) is 3.86. The molecule has 0 aliphatic heterocycles. The van der Waals surface area contributed by atoms with Crippen molar-refractivity contribution in [1.82, 2.24) is 4.72 Å². The number of nitrogens with two attached hydrogens (primary N) is 1. The number of nitrogens with one attached hydrogen (secondary N) is 1. The maximum absolute atomic E-state index is 13.8. The van der Waals surface area contributed by atoms with Crippen molar-refractivity contribution in [1.29, 1.82) is 0 Å². The van der Waals surface area contributed by atoms with Crippen LogP contribution in [0.2, 0.25) is 0 Å². The Morgan fingerprint density at radius 2 is 2.16 bits per heavy atom. The highest BCUT2D eigenvalue weighted by Gasteiger charge is 2.21. The van der Waals surface area contributed by atoms with Gasteiger partial charge in [-0.05, 0) is 50.5 Å². The third kappa shape index (κ3) is 3.33. The predicted octanol–water partition coefficient (Wildman–Crippen LogP) is 2.71. The third-order valence-electron chi connectivity index (χ3n) is 2.35. The SMILES string of the molecule is Nc1cc(Br)c(F)c(S(=O)(=O)NCc2ccsc2)c1. The van der Waals surface area contributed by atoms with Crippen molar-refractivity contribution >= 4 is 43.0 Å². The standard InChI is InChI=1S/C11H10BrFN2O2S2/c12-9-3-8(14)4-10(11(9)13)19(16,17)15-5-7-1-2-18-6-7/h1-4,6,15H,5,14H2. The number of anilines is 1. The molecule has 102 valence electrons. The van der Waals surface area contributed by atoms with Gasteiger partial charge in [-0.1, -0.05) is 0 Å².